The third-order valence-electron chi connectivity index (χ3n) is 4.06. The molecule has 4 heteroatoms. The number of aromatic nitrogens is 1. The molecule has 0 fully saturated rings. The minimum absolute atomic E-state index is 0.173. The Morgan fingerprint density at radius 1 is 1.24 bits per heavy atom. The Morgan fingerprint density at radius 3 is 2.90 bits per heavy atom. The van der Waals surface area contributed by atoms with Gasteiger partial charge in [0.2, 0.25) is 0 Å². The summed E-state index contributed by atoms with van der Waals surface area (Å²) in [6.07, 6.45) is 4.52. The lowest BCUT2D eigenvalue weighted by atomic mass is 10.0. The summed E-state index contributed by atoms with van der Waals surface area (Å²) < 4.78 is 7.80. The molecule has 112 valence electrons. The van der Waals surface area contributed by atoms with Gasteiger partial charge in [0.15, 0.2) is 0 Å². The van der Waals surface area contributed by atoms with Gasteiger partial charge in [-0.2, -0.15) is 0 Å². The van der Waals surface area contributed by atoms with Gasteiger partial charge < -0.3 is 4.74 Å². The van der Waals surface area contributed by atoms with Crippen LogP contribution in [0.15, 0.2) is 23.0 Å². The van der Waals surface area contributed by atoms with E-state index in [4.69, 9.17) is 4.74 Å². The van der Waals surface area contributed by atoms with Gasteiger partial charge >= 0.3 is 4.87 Å². The maximum atomic E-state index is 12.1. The van der Waals surface area contributed by atoms with E-state index in [1.165, 1.54) is 40.3 Å². The SMILES string of the molecule is Cc1ccc(C)c(OCCn2c3c(sc2=O)CCCC3)c1. The second-order valence-electron chi connectivity index (χ2n) is 5.71. The molecule has 0 spiro atoms. The van der Waals surface area contributed by atoms with E-state index in [0.717, 1.165) is 24.2 Å². The lowest BCUT2D eigenvalue weighted by molar-refractivity contribution is 0.293. The molecule has 21 heavy (non-hydrogen) atoms. The van der Waals surface area contributed by atoms with E-state index >= 15 is 0 Å². The molecule has 1 aliphatic carbocycles. The Labute approximate surface area is 129 Å². The van der Waals surface area contributed by atoms with Crippen molar-refractivity contribution >= 4 is 11.3 Å². The summed E-state index contributed by atoms with van der Waals surface area (Å²) in [6, 6.07) is 6.21. The predicted molar refractivity (Wildman–Crippen MR) is 86.6 cm³/mol. The summed E-state index contributed by atoms with van der Waals surface area (Å²) in [4.78, 5) is 13.6. The van der Waals surface area contributed by atoms with Crippen molar-refractivity contribution in [2.45, 2.75) is 46.1 Å². The van der Waals surface area contributed by atoms with Gasteiger partial charge in [-0.05, 0) is 56.7 Å². The molecule has 0 radical (unpaired) electrons. The molecule has 3 rings (SSSR count). The van der Waals surface area contributed by atoms with Crippen molar-refractivity contribution in [3.05, 3.63) is 49.6 Å². The largest absolute Gasteiger partial charge is 0.491 e. The average molecular weight is 303 g/mol. The van der Waals surface area contributed by atoms with E-state index in [-0.39, 0.29) is 4.87 Å². The average Bonchev–Trinajstić information content (AvgIpc) is 2.79. The van der Waals surface area contributed by atoms with E-state index < -0.39 is 0 Å². The topological polar surface area (TPSA) is 31.2 Å². The van der Waals surface area contributed by atoms with Gasteiger partial charge in [0.25, 0.3) is 0 Å². The first-order valence-corrected chi connectivity index (χ1v) is 8.38. The molecule has 1 aromatic heterocycles. The van der Waals surface area contributed by atoms with Crippen molar-refractivity contribution in [2.75, 3.05) is 6.61 Å². The number of fused-ring (bicyclic) bond motifs is 1. The predicted octanol–water partition coefficient (Wildman–Crippen LogP) is 3.48. The van der Waals surface area contributed by atoms with Crippen LogP contribution in [0.1, 0.15) is 34.5 Å². The molecule has 0 saturated heterocycles. The molecule has 2 aromatic rings. The van der Waals surface area contributed by atoms with Crippen LogP contribution < -0.4 is 9.61 Å². The highest BCUT2D eigenvalue weighted by molar-refractivity contribution is 7.09. The molecule has 1 aliphatic rings. The Morgan fingerprint density at radius 2 is 2.05 bits per heavy atom. The van der Waals surface area contributed by atoms with E-state index in [1.54, 1.807) is 0 Å². The standard InChI is InChI=1S/C17H21NO2S/c1-12-7-8-13(2)15(11-12)20-10-9-18-14-5-3-4-6-16(14)21-17(18)19/h7-8,11H,3-6,9-10H2,1-2H3. The number of aryl methyl sites for hydroxylation is 3. The molecule has 1 aromatic carbocycles. The smallest absolute Gasteiger partial charge is 0.307 e. The van der Waals surface area contributed by atoms with Crippen LogP contribution in [0.25, 0.3) is 0 Å². The summed E-state index contributed by atoms with van der Waals surface area (Å²) in [5.41, 5.74) is 3.58. The van der Waals surface area contributed by atoms with E-state index in [2.05, 4.69) is 25.1 Å². The molecular formula is C17H21NO2S. The van der Waals surface area contributed by atoms with E-state index in [1.807, 2.05) is 11.5 Å². The van der Waals surface area contributed by atoms with Gasteiger partial charge in [0, 0.05) is 10.6 Å². The van der Waals surface area contributed by atoms with Crippen LogP contribution in [0.4, 0.5) is 0 Å². The maximum Gasteiger partial charge on any atom is 0.307 e. The zero-order valence-corrected chi connectivity index (χ0v) is 13.5. The van der Waals surface area contributed by atoms with Gasteiger partial charge in [-0.1, -0.05) is 23.5 Å². The van der Waals surface area contributed by atoms with Gasteiger partial charge in [-0.3, -0.25) is 9.36 Å². The number of benzene rings is 1. The zero-order valence-electron chi connectivity index (χ0n) is 12.6. The Kier molecular flexibility index (Phi) is 4.15. The summed E-state index contributed by atoms with van der Waals surface area (Å²) in [5, 5.41) is 0. The first-order chi connectivity index (χ1) is 10.1. The minimum atomic E-state index is 0.173. The molecule has 0 saturated carbocycles. The summed E-state index contributed by atoms with van der Waals surface area (Å²) in [5.74, 6) is 0.923. The van der Waals surface area contributed by atoms with Crippen molar-refractivity contribution in [3.63, 3.8) is 0 Å². The normalized spacial score (nSPS) is 14.0. The Bertz CT molecular complexity index is 699. The van der Waals surface area contributed by atoms with Gasteiger partial charge in [0.05, 0.1) is 6.54 Å². The van der Waals surface area contributed by atoms with Gasteiger partial charge in [-0.15, -0.1) is 0 Å². The van der Waals surface area contributed by atoms with Crippen LogP contribution in [-0.2, 0) is 19.4 Å². The molecule has 0 bridgehead atoms. The summed E-state index contributed by atoms with van der Waals surface area (Å²) >= 11 is 1.42. The Balaban J connectivity index is 1.70. The molecule has 0 amide bonds. The summed E-state index contributed by atoms with van der Waals surface area (Å²) in [7, 11) is 0. The highest BCUT2D eigenvalue weighted by atomic mass is 32.1. The summed E-state index contributed by atoms with van der Waals surface area (Å²) in [6.45, 7) is 5.31. The third-order valence-corrected chi connectivity index (χ3v) is 5.14. The minimum Gasteiger partial charge on any atom is -0.491 e. The first kappa shape index (κ1) is 14.4. The number of hydrogen-bond acceptors (Lipinski definition) is 3. The van der Waals surface area contributed by atoms with Gasteiger partial charge in [-0.25, -0.2) is 0 Å². The number of rotatable bonds is 4. The first-order valence-electron chi connectivity index (χ1n) is 7.56. The molecule has 0 unspecified atom stereocenters. The van der Waals surface area contributed by atoms with Crippen LogP contribution in [0.2, 0.25) is 0 Å². The van der Waals surface area contributed by atoms with Crippen molar-refractivity contribution in [1.82, 2.24) is 4.57 Å². The lowest BCUT2D eigenvalue weighted by Gasteiger charge is -2.15. The molecular weight excluding hydrogens is 282 g/mol. The van der Waals surface area contributed by atoms with Crippen LogP contribution >= 0.6 is 11.3 Å². The highest BCUT2D eigenvalue weighted by Crippen LogP contribution is 2.23. The fourth-order valence-corrected chi connectivity index (χ4v) is 3.96. The van der Waals surface area contributed by atoms with Crippen LogP contribution in [-0.4, -0.2) is 11.2 Å². The molecule has 0 N–H and O–H groups in total. The molecule has 1 heterocycles. The lowest BCUT2D eigenvalue weighted by Crippen LogP contribution is -2.21. The number of ether oxygens (including phenoxy) is 1. The van der Waals surface area contributed by atoms with Crippen molar-refractivity contribution in [1.29, 1.82) is 0 Å². The number of nitrogens with zero attached hydrogens (tertiary/aromatic N) is 1. The van der Waals surface area contributed by atoms with Gasteiger partial charge in [0.1, 0.15) is 12.4 Å². The zero-order chi connectivity index (χ0) is 14.8. The fraction of sp³-hybridized carbons (Fsp3) is 0.471. The van der Waals surface area contributed by atoms with Crippen molar-refractivity contribution < 1.29 is 4.74 Å². The molecule has 3 nitrogen and oxygen atoms in total. The van der Waals surface area contributed by atoms with Crippen LogP contribution in [0.3, 0.4) is 0 Å². The second-order valence-corrected chi connectivity index (χ2v) is 6.76. The second kappa shape index (κ2) is 6.06. The van der Waals surface area contributed by atoms with Crippen LogP contribution in [0.5, 0.6) is 5.75 Å². The third kappa shape index (κ3) is 3.05. The van der Waals surface area contributed by atoms with E-state index in [0.29, 0.717) is 13.2 Å². The van der Waals surface area contributed by atoms with Crippen molar-refractivity contribution in [3.8, 4) is 5.75 Å². The van der Waals surface area contributed by atoms with Crippen molar-refractivity contribution in [2.24, 2.45) is 0 Å². The van der Waals surface area contributed by atoms with Crippen LogP contribution in [0, 0.1) is 13.8 Å². The molecule has 0 atom stereocenters. The maximum absolute atomic E-state index is 12.1. The number of thiazole rings is 1. The fourth-order valence-electron chi connectivity index (χ4n) is 2.86. The monoisotopic (exact) mass is 303 g/mol. The number of hydrogen-bond donors (Lipinski definition) is 0. The quantitative estimate of drug-likeness (QED) is 0.866. The Hall–Kier alpha value is -1.55. The molecule has 0 aliphatic heterocycles. The highest BCUT2D eigenvalue weighted by Gasteiger charge is 2.17. The van der Waals surface area contributed by atoms with E-state index in [9.17, 15) is 4.79 Å².